The third-order valence-electron chi connectivity index (χ3n) is 4.53. The second-order valence-corrected chi connectivity index (χ2v) is 7.72. The van der Waals surface area contributed by atoms with Gasteiger partial charge in [-0.3, -0.25) is 14.5 Å². The fourth-order valence-corrected chi connectivity index (χ4v) is 3.20. The van der Waals surface area contributed by atoms with E-state index < -0.39 is 36.2 Å². The highest BCUT2D eigenvalue weighted by molar-refractivity contribution is 5.87. The van der Waals surface area contributed by atoms with E-state index in [4.69, 9.17) is 4.74 Å². The van der Waals surface area contributed by atoms with Gasteiger partial charge in [-0.25, -0.2) is 18.0 Å². The summed E-state index contributed by atoms with van der Waals surface area (Å²) in [6, 6.07) is -0.642. The monoisotopic (exact) mass is 393 g/mol. The van der Waals surface area contributed by atoms with Crippen molar-refractivity contribution in [2.75, 3.05) is 32.7 Å². The van der Waals surface area contributed by atoms with Crippen LogP contribution >= 0.6 is 0 Å². The Bertz CT molecular complexity index is 574. The van der Waals surface area contributed by atoms with Crippen LogP contribution in [-0.4, -0.2) is 89.6 Å². The zero-order valence-electron chi connectivity index (χ0n) is 15.8. The maximum atomic E-state index is 13.2. The van der Waals surface area contributed by atoms with E-state index >= 15 is 0 Å². The van der Waals surface area contributed by atoms with Crippen molar-refractivity contribution in [2.45, 2.75) is 57.9 Å². The number of likely N-dealkylation sites (tertiary alicyclic amines) is 1. The van der Waals surface area contributed by atoms with E-state index in [-0.39, 0.29) is 32.1 Å². The van der Waals surface area contributed by atoms with Crippen LogP contribution in [0.3, 0.4) is 0 Å². The summed E-state index contributed by atoms with van der Waals surface area (Å²) in [5.74, 6) is -1.52. The highest BCUT2D eigenvalue weighted by Gasteiger charge is 2.40. The molecule has 0 bridgehead atoms. The molecule has 154 valence electrons. The fraction of sp³-hybridized carbons (Fsp3) is 0.824. The van der Waals surface area contributed by atoms with Crippen molar-refractivity contribution in [1.82, 2.24) is 14.7 Å². The van der Waals surface area contributed by atoms with Crippen molar-refractivity contribution in [2.24, 2.45) is 0 Å². The van der Waals surface area contributed by atoms with Gasteiger partial charge in [0.25, 0.3) is 12.3 Å². The molecule has 0 aromatic heterocycles. The Kier molecular flexibility index (Phi) is 6.59. The molecule has 3 amide bonds. The third-order valence-corrected chi connectivity index (χ3v) is 4.53. The Morgan fingerprint density at radius 3 is 2.04 bits per heavy atom. The minimum Gasteiger partial charge on any atom is -0.444 e. The summed E-state index contributed by atoms with van der Waals surface area (Å²) in [6.07, 6.45) is -5.58. The largest absolute Gasteiger partial charge is 0.444 e. The Morgan fingerprint density at radius 2 is 1.52 bits per heavy atom. The molecule has 0 radical (unpaired) electrons. The molecule has 2 heterocycles. The normalized spacial score (nSPS) is 22.2. The molecular formula is C17H26F3N3O4. The predicted octanol–water partition coefficient (Wildman–Crippen LogP) is 1.66. The molecule has 2 aliphatic heterocycles. The van der Waals surface area contributed by atoms with E-state index in [2.05, 4.69) is 0 Å². The van der Waals surface area contributed by atoms with Crippen molar-refractivity contribution < 1.29 is 32.3 Å². The van der Waals surface area contributed by atoms with Crippen LogP contribution in [-0.2, 0) is 14.3 Å². The first-order valence-corrected chi connectivity index (χ1v) is 9.00. The number of carbonyl (C=O) groups excluding carboxylic acids is 3. The second-order valence-electron chi connectivity index (χ2n) is 7.72. The molecule has 2 unspecified atom stereocenters. The van der Waals surface area contributed by atoms with E-state index in [0.717, 1.165) is 4.90 Å². The van der Waals surface area contributed by atoms with Gasteiger partial charge in [0.1, 0.15) is 11.6 Å². The van der Waals surface area contributed by atoms with Gasteiger partial charge in [-0.1, -0.05) is 0 Å². The van der Waals surface area contributed by atoms with Crippen LogP contribution in [0.1, 0.15) is 33.6 Å². The molecule has 10 heteroatoms. The molecule has 0 aromatic rings. The lowest BCUT2D eigenvalue weighted by Crippen LogP contribution is -2.56. The number of carbonyl (C=O) groups is 3. The molecule has 2 saturated heterocycles. The summed E-state index contributed by atoms with van der Waals surface area (Å²) in [4.78, 5) is 40.6. The SMILES string of the molecule is CC(C)(C)OC(=O)N1CCCC1C(=O)N1CCN(C(=O)C(F)C(F)F)CC1. The number of hydrogen-bond acceptors (Lipinski definition) is 4. The van der Waals surface area contributed by atoms with Crippen molar-refractivity contribution >= 4 is 17.9 Å². The van der Waals surface area contributed by atoms with E-state index in [9.17, 15) is 27.6 Å². The zero-order valence-corrected chi connectivity index (χ0v) is 15.8. The van der Waals surface area contributed by atoms with Crippen molar-refractivity contribution in [3.8, 4) is 0 Å². The Morgan fingerprint density at radius 1 is 0.963 bits per heavy atom. The number of hydrogen-bond donors (Lipinski definition) is 0. The number of alkyl halides is 3. The summed E-state index contributed by atoms with van der Waals surface area (Å²) < 4.78 is 43.2. The molecule has 2 rings (SSSR count). The molecule has 2 atom stereocenters. The maximum absolute atomic E-state index is 13.2. The summed E-state index contributed by atoms with van der Waals surface area (Å²) >= 11 is 0. The predicted molar refractivity (Wildman–Crippen MR) is 90.0 cm³/mol. The standard InChI is InChI=1S/C17H26F3N3O4/c1-17(2,3)27-16(26)23-6-4-5-11(23)14(24)21-7-9-22(10-8-21)15(25)12(18)13(19)20/h11-13H,4-10H2,1-3H3. The average Bonchev–Trinajstić information content (AvgIpc) is 3.08. The van der Waals surface area contributed by atoms with Gasteiger partial charge in [-0.05, 0) is 33.6 Å². The first-order valence-electron chi connectivity index (χ1n) is 9.00. The third kappa shape index (κ3) is 5.26. The summed E-state index contributed by atoms with van der Waals surface area (Å²) in [5, 5.41) is 0. The van der Waals surface area contributed by atoms with Crippen LogP contribution in [0.25, 0.3) is 0 Å². The van der Waals surface area contributed by atoms with Crippen LogP contribution in [0.5, 0.6) is 0 Å². The molecule has 27 heavy (non-hydrogen) atoms. The zero-order chi connectivity index (χ0) is 20.4. The molecule has 0 aliphatic carbocycles. The second kappa shape index (κ2) is 8.35. The van der Waals surface area contributed by atoms with Gasteiger partial charge in [0.15, 0.2) is 0 Å². The molecule has 2 aliphatic rings. The van der Waals surface area contributed by atoms with Crippen LogP contribution in [0.15, 0.2) is 0 Å². The first kappa shape index (κ1) is 21.3. The van der Waals surface area contributed by atoms with Crippen LogP contribution < -0.4 is 0 Å². The van der Waals surface area contributed by atoms with Crippen LogP contribution in [0.2, 0.25) is 0 Å². The molecule has 0 saturated carbocycles. The molecule has 0 spiro atoms. The van der Waals surface area contributed by atoms with E-state index in [1.54, 1.807) is 20.8 Å². The number of nitrogens with zero attached hydrogens (tertiary/aromatic N) is 3. The smallest absolute Gasteiger partial charge is 0.410 e. The summed E-state index contributed by atoms with van der Waals surface area (Å²) in [7, 11) is 0. The minimum absolute atomic E-state index is 0.0170. The summed E-state index contributed by atoms with van der Waals surface area (Å²) in [6.45, 7) is 5.83. The first-order chi connectivity index (χ1) is 12.5. The van der Waals surface area contributed by atoms with Crippen molar-refractivity contribution in [3.05, 3.63) is 0 Å². The van der Waals surface area contributed by atoms with Gasteiger partial charge >= 0.3 is 6.09 Å². The molecule has 2 fully saturated rings. The van der Waals surface area contributed by atoms with Gasteiger partial charge < -0.3 is 14.5 Å². The van der Waals surface area contributed by atoms with Gasteiger partial charge in [0.2, 0.25) is 12.1 Å². The quantitative estimate of drug-likeness (QED) is 0.731. The number of rotatable bonds is 3. The lowest BCUT2D eigenvalue weighted by molar-refractivity contribution is -0.148. The Labute approximate surface area is 156 Å². The van der Waals surface area contributed by atoms with Crippen LogP contribution in [0.4, 0.5) is 18.0 Å². The Hall–Kier alpha value is -2.00. The molecule has 7 nitrogen and oxygen atoms in total. The lowest BCUT2D eigenvalue weighted by atomic mass is 10.1. The van der Waals surface area contributed by atoms with E-state index in [0.29, 0.717) is 19.4 Å². The topological polar surface area (TPSA) is 70.2 Å². The van der Waals surface area contributed by atoms with Crippen molar-refractivity contribution in [3.63, 3.8) is 0 Å². The van der Waals surface area contributed by atoms with Crippen LogP contribution in [0, 0.1) is 0 Å². The highest BCUT2D eigenvalue weighted by atomic mass is 19.3. The number of amides is 3. The van der Waals surface area contributed by atoms with Crippen molar-refractivity contribution in [1.29, 1.82) is 0 Å². The van der Waals surface area contributed by atoms with Gasteiger partial charge in [0.05, 0.1) is 0 Å². The van der Waals surface area contributed by atoms with Gasteiger partial charge in [-0.2, -0.15) is 0 Å². The molecular weight excluding hydrogens is 367 g/mol. The maximum Gasteiger partial charge on any atom is 0.410 e. The number of ether oxygens (including phenoxy) is 1. The fourth-order valence-electron chi connectivity index (χ4n) is 3.20. The molecule has 0 N–H and O–H groups in total. The number of halogens is 3. The summed E-state index contributed by atoms with van der Waals surface area (Å²) in [5.41, 5.74) is -0.674. The molecule has 0 aromatic carbocycles. The van der Waals surface area contributed by atoms with Gasteiger partial charge in [-0.15, -0.1) is 0 Å². The van der Waals surface area contributed by atoms with Gasteiger partial charge in [0, 0.05) is 32.7 Å². The highest BCUT2D eigenvalue weighted by Crippen LogP contribution is 2.23. The van der Waals surface area contributed by atoms with E-state index in [1.807, 2.05) is 0 Å². The average molecular weight is 393 g/mol. The Balaban J connectivity index is 1.93. The van der Waals surface area contributed by atoms with E-state index in [1.165, 1.54) is 9.80 Å². The number of piperazine rings is 1. The lowest BCUT2D eigenvalue weighted by Gasteiger charge is -2.37. The minimum atomic E-state index is -3.36.